The molecule has 0 spiro atoms. The van der Waals surface area contributed by atoms with Gasteiger partial charge < -0.3 is 25.3 Å². The molecule has 0 aliphatic heterocycles. The molecular weight excluding hydrogens is 514 g/mol. The van der Waals surface area contributed by atoms with Gasteiger partial charge in [0.1, 0.15) is 11.3 Å². The summed E-state index contributed by atoms with van der Waals surface area (Å²) in [7, 11) is 2.31. The van der Waals surface area contributed by atoms with Crippen LogP contribution in [0.2, 0.25) is 0 Å². The predicted molar refractivity (Wildman–Crippen MR) is 156 cm³/mol. The molecule has 0 unspecified atom stereocenters. The number of anilines is 5. The van der Waals surface area contributed by atoms with Crippen LogP contribution >= 0.6 is 0 Å². The maximum Gasteiger partial charge on any atom is 0.227 e. The van der Waals surface area contributed by atoms with Gasteiger partial charge in [0.15, 0.2) is 9.84 Å². The van der Waals surface area contributed by atoms with Crippen LogP contribution in [0.4, 0.5) is 29.0 Å². The van der Waals surface area contributed by atoms with Crippen LogP contribution in [-0.2, 0) is 22.6 Å². The van der Waals surface area contributed by atoms with Crippen LogP contribution in [-0.4, -0.2) is 48.4 Å². The topological polar surface area (TPSA) is 123 Å². The largest absolute Gasteiger partial charge is 0.497 e. The minimum absolute atomic E-state index is 0.0382. The third kappa shape index (κ3) is 5.78. The first-order valence-corrected chi connectivity index (χ1v) is 14.3. The molecule has 200 valence electrons. The van der Waals surface area contributed by atoms with E-state index in [1.807, 2.05) is 67.2 Å². The standard InChI is InChI=1S/C28H29N7O3S/c1-29-22-12-13-24-26(34-28(35(24)2)32-19-8-10-21(38-3)11-9-19)25(22)23-14-15-30-27(33-23)31-20-7-5-6-18(16-20)17-39(4,36)37/h5-16,29H,17H2,1-4H3,(H,32,34)(H,30,31,33). The summed E-state index contributed by atoms with van der Waals surface area (Å²) in [5, 5.41) is 9.84. The van der Waals surface area contributed by atoms with Gasteiger partial charge in [-0.05, 0) is 60.2 Å². The monoisotopic (exact) mass is 543 g/mol. The Balaban J connectivity index is 1.51. The predicted octanol–water partition coefficient (Wildman–Crippen LogP) is 5.11. The van der Waals surface area contributed by atoms with Crippen molar-refractivity contribution in [2.45, 2.75) is 5.75 Å². The highest BCUT2D eigenvalue weighted by Crippen LogP contribution is 2.36. The molecule has 0 aliphatic carbocycles. The molecule has 5 rings (SSSR count). The third-order valence-electron chi connectivity index (χ3n) is 6.19. The maximum absolute atomic E-state index is 11.7. The Morgan fingerprint density at radius 3 is 2.46 bits per heavy atom. The van der Waals surface area contributed by atoms with Gasteiger partial charge in [-0.3, -0.25) is 0 Å². The van der Waals surface area contributed by atoms with Gasteiger partial charge in [-0.2, -0.15) is 0 Å². The number of rotatable bonds is 9. The number of nitrogens with one attached hydrogen (secondary N) is 3. The molecule has 2 aromatic heterocycles. The molecule has 0 saturated heterocycles. The SMILES string of the molecule is CNc1ccc2c(nc(Nc3ccc(OC)cc3)n2C)c1-c1ccnc(Nc2cccc(CS(C)(=O)=O)c2)n1. The molecule has 3 N–H and O–H groups in total. The number of fused-ring (bicyclic) bond motifs is 1. The third-order valence-corrected chi connectivity index (χ3v) is 7.05. The summed E-state index contributed by atoms with van der Waals surface area (Å²) >= 11 is 0. The van der Waals surface area contributed by atoms with Crippen molar-refractivity contribution < 1.29 is 13.2 Å². The van der Waals surface area contributed by atoms with Crippen LogP contribution < -0.4 is 20.7 Å². The van der Waals surface area contributed by atoms with E-state index in [1.54, 1.807) is 31.5 Å². The lowest BCUT2D eigenvalue weighted by Gasteiger charge is -2.12. The Kier molecular flexibility index (Phi) is 7.07. The van der Waals surface area contributed by atoms with Crippen molar-refractivity contribution >= 4 is 49.8 Å². The van der Waals surface area contributed by atoms with Crippen molar-refractivity contribution in [3.8, 4) is 17.0 Å². The molecule has 2 heterocycles. The second-order valence-electron chi connectivity index (χ2n) is 9.11. The quantitative estimate of drug-likeness (QED) is 0.233. The molecule has 0 atom stereocenters. The van der Waals surface area contributed by atoms with E-state index in [2.05, 4.69) is 20.9 Å². The van der Waals surface area contributed by atoms with Crippen molar-refractivity contribution in [1.29, 1.82) is 0 Å². The van der Waals surface area contributed by atoms with E-state index < -0.39 is 9.84 Å². The second-order valence-corrected chi connectivity index (χ2v) is 11.3. The van der Waals surface area contributed by atoms with Gasteiger partial charge in [0, 0.05) is 43.6 Å². The Morgan fingerprint density at radius 1 is 0.949 bits per heavy atom. The van der Waals surface area contributed by atoms with E-state index in [9.17, 15) is 8.42 Å². The highest BCUT2D eigenvalue weighted by Gasteiger charge is 2.18. The summed E-state index contributed by atoms with van der Waals surface area (Å²) in [4.78, 5) is 14.1. The first kappa shape index (κ1) is 26.0. The van der Waals surface area contributed by atoms with Crippen molar-refractivity contribution in [2.75, 3.05) is 36.4 Å². The van der Waals surface area contributed by atoms with E-state index in [-0.39, 0.29) is 5.75 Å². The summed E-state index contributed by atoms with van der Waals surface area (Å²) in [6.45, 7) is 0. The first-order valence-electron chi connectivity index (χ1n) is 12.2. The number of methoxy groups -OCH3 is 1. The molecule has 0 fully saturated rings. The fourth-order valence-electron chi connectivity index (χ4n) is 4.37. The molecule has 0 saturated carbocycles. The van der Waals surface area contributed by atoms with Gasteiger partial charge >= 0.3 is 0 Å². The van der Waals surface area contributed by atoms with Crippen LogP contribution in [0.1, 0.15) is 5.56 Å². The normalized spacial score (nSPS) is 11.4. The van der Waals surface area contributed by atoms with Gasteiger partial charge in [0.25, 0.3) is 0 Å². The van der Waals surface area contributed by atoms with Gasteiger partial charge in [-0.25, -0.2) is 23.4 Å². The molecule has 5 aromatic rings. The van der Waals surface area contributed by atoms with Gasteiger partial charge in [-0.15, -0.1) is 0 Å². The molecule has 3 aromatic carbocycles. The van der Waals surface area contributed by atoms with Crippen molar-refractivity contribution in [1.82, 2.24) is 19.5 Å². The Bertz CT molecular complexity index is 1750. The summed E-state index contributed by atoms with van der Waals surface area (Å²) in [6, 6.07) is 20.7. The van der Waals surface area contributed by atoms with Crippen LogP contribution in [0.3, 0.4) is 0 Å². The Morgan fingerprint density at radius 2 is 1.74 bits per heavy atom. The zero-order chi connectivity index (χ0) is 27.6. The fourth-order valence-corrected chi connectivity index (χ4v) is 5.16. The van der Waals surface area contributed by atoms with Crippen LogP contribution in [0.15, 0.2) is 72.9 Å². The highest BCUT2D eigenvalue weighted by atomic mass is 32.2. The number of aromatic nitrogens is 4. The lowest BCUT2D eigenvalue weighted by Crippen LogP contribution is -2.02. The second kappa shape index (κ2) is 10.6. The summed E-state index contributed by atoms with van der Waals surface area (Å²) in [6.07, 6.45) is 2.90. The van der Waals surface area contributed by atoms with Crippen molar-refractivity contribution in [3.05, 3.63) is 78.5 Å². The van der Waals surface area contributed by atoms with Crippen LogP contribution in [0.25, 0.3) is 22.3 Å². The van der Waals surface area contributed by atoms with Crippen molar-refractivity contribution in [3.63, 3.8) is 0 Å². The Labute approximate surface area is 227 Å². The smallest absolute Gasteiger partial charge is 0.227 e. The minimum atomic E-state index is -3.15. The lowest BCUT2D eigenvalue weighted by molar-refractivity contribution is 0.415. The number of aryl methyl sites for hydroxylation is 1. The first-order chi connectivity index (χ1) is 18.7. The molecule has 11 heteroatoms. The maximum atomic E-state index is 11.7. The van der Waals surface area contributed by atoms with Gasteiger partial charge in [0.2, 0.25) is 11.9 Å². The molecule has 0 aliphatic rings. The molecule has 0 amide bonds. The van der Waals surface area contributed by atoms with E-state index in [0.29, 0.717) is 28.8 Å². The summed E-state index contributed by atoms with van der Waals surface area (Å²) < 4.78 is 30.7. The molecule has 0 radical (unpaired) electrons. The minimum Gasteiger partial charge on any atom is -0.497 e. The Hall–Kier alpha value is -4.64. The highest BCUT2D eigenvalue weighted by molar-refractivity contribution is 7.89. The van der Waals surface area contributed by atoms with E-state index in [4.69, 9.17) is 14.7 Å². The number of sulfone groups is 1. The average molecular weight is 544 g/mol. The fraction of sp³-hybridized carbons (Fsp3) is 0.179. The molecular formula is C28H29N7O3S. The number of hydrogen-bond donors (Lipinski definition) is 3. The zero-order valence-electron chi connectivity index (χ0n) is 22.1. The van der Waals surface area contributed by atoms with Crippen LogP contribution in [0, 0.1) is 0 Å². The van der Waals surface area contributed by atoms with E-state index in [0.717, 1.165) is 33.7 Å². The molecule has 39 heavy (non-hydrogen) atoms. The number of imidazole rings is 1. The number of ether oxygens (including phenoxy) is 1. The number of benzene rings is 3. The van der Waals surface area contributed by atoms with Gasteiger partial charge in [-0.1, -0.05) is 12.1 Å². The average Bonchev–Trinajstić information content (AvgIpc) is 3.22. The molecule has 0 bridgehead atoms. The number of nitrogens with zero attached hydrogens (tertiary/aromatic N) is 4. The van der Waals surface area contributed by atoms with Gasteiger partial charge in [0.05, 0.1) is 29.6 Å². The summed E-state index contributed by atoms with van der Waals surface area (Å²) in [5.41, 5.74) is 6.37. The zero-order valence-corrected chi connectivity index (χ0v) is 22.9. The summed E-state index contributed by atoms with van der Waals surface area (Å²) in [5.74, 6) is 1.81. The lowest BCUT2D eigenvalue weighted by atomic mass is 10.1. The van der Waals surface area contributed by atoms with E-state index >= 15 is 0 Å². The van der Waals surface area contributed by atoms with E-state index in [1.165, 1.54) is 6.26 Å². The van der Waals surface area contributed by atoms with Crippen molar-refractivity contribution in [2.24, 2.45) is 7.05 Å². The van der Waals surface area contributed by atoms with Crippen LogP contribution in [0.5, 0.6) is 5.75 Å². The number of hydrogen-bond acceptors (Lipinski definition) is 9. The molecule has 10 nitrogen and oxygen atoms in total.